The summed E-state index contributed by atoms with van der Waals surface area (Å²) in [5.41, 5.74) is -0.825. The van der Waals surface area contributed by atoms with Crippen LogP contribution >= 0.6 is 0 Å². The van der Waals surface area contributed by atoms with Crippen LogP contribution in [-0.2, 0) is 4.79 Å². The van der Waals surface area contributed by atoms with Gasteiger partial charge in [0.25, 0.3) is 0 Å². The van der Waals surface area contributed by atoms with Gasteiger partial charge in [-0.1, -0.05) is 6.08 Å². The minimum atomic E-state index is -0.825. The molecular weight excluding hydrogens is 142 g/mol. The molecule has 0 aromatic carbocycles. The first kappa shape index (κ1) is 7.98. The Morgan fingerprint density at radius 3 is 2.73 bits per heavy atom. The van der Waals surface area contributed by atoms with Crippen molar-refractivity contribution in [1.82, 2.24) is 0 Å². The van der Waals surface area contributed by atoms with Crippen LogP contribution in [0.25, 0.3) is 0 Å². The summed E-state index contributed by atoms with van der Waals surface area (Å²) in [7, 11) is 0. The van der Waals surface area contributed by atoms with Crippen molar-refractivity contribution in [2.75, 3.05) is 0 Å². The normalized spacial score (nSPS) is 35.6. The van der Waals surface area contributed by atoms with Crippen LogP contribution in [-0.4, -0.2) is 23.3 Å². The van der Waals surface area contributed by atoms with Crippen molar-refractivity contribution >= 4 is 12.2 Å². The molecule has 0 aromatic rings. The number of hydrogen-bond donors (Lipinski definition) is 1. The molecule has 3 heteroatoms. The summed E-state index contributed by atoms with van der Waals surface area (Å²) in [6.45, 7) is 3.47. The lowest BCUT2D eigenvalue weighted by atomic mass is 9.82. The Morgan fingerprint density at radius 2 is 2.36 bits per heavy atom. The summed E-state index contributed by atoms with van der Waals surface area (Å²) in [6.07, 6.45) is 4.98. The van der Waals surface area contributed by atoms with Crippen molar-refractivity contribution in [3.8, 4) is 0 Å². The number of aliphatic carboxylic acids is 1. The zero-order valence-corrected chi connectivity index (χ0v) is 6.61. The molecule has 0 aliphatic carbocycles. The van der Waals surface area contributed by atoms with Crippen LogP contribution in [0.3, 0.4) is 0 Å². The summed E-state index contributed by atoms with van der Waals surface area (Å²) in [6, 6.07) is -0.176. The highest BCUT2D eigenvalue weighted by atomic mass is 16.4. The van der Waals surface area contributed by atoms with Gasteiger partial charge in [-0.2, -0.15) is 0 Å². The molecule has 0 bridgehead atoms. The molecule has 60 valence electrons. The fraction of sp³-hybridized carbons (Fsp3) is 0.500. The van der Waals surface area contributed by atoms with Crippen LogP contribution in [0.5, 0.6) is 0 Å². The van der Waals surface area contributed by atoms with Gasteiger partial charge in [0.15, 0.2) is 0 Å². The zero-order valence-electron chi connectivity index (χ0n) is 6.61. The largest absolute Gasteiger partial charge is 0.481 e. The average Bonchev–Trinajstić information content (AvgIpc) is 1.95. The van der Waals surface area contributed by atoms with Crippen molar-refractivity contribution < 1.29 is 9.90 Å². The van der Waals surface area contributed by atoms with Crippen molar-refractivity contribution in [2.24, 2.45) is 10.4 Å². The third-order valence-electron chi connectivity index (χ3n) is 2.17. The maximum atomic E-state index is 10.8. The predicted molar refractivity (Wildman–Crippen MR) is 42.8 cm³/mol. The summed E-state index contributed by atoms with van der Waals surface area (Å²) in [4.78, 5) is 14.8. The number of carboxylic acid groups (broad SMARTS) is 1. The average molecular weight is 153 g/mol. The lowest BCUT2D eigenvalue weighted by Crippen LogP contribution is -2.36. The van der Waals surface area contributed by atoms with E-state index >= 15 is 0 Å². The van der Waals surface area contributed by atoms with E-state index in [2.05, 4.69) is 4.99 Å². The third-order valence-corrected chi connectivity index (χ3v) is 2.17. The lowest BCUT2D eigenvalue weighted by molar-refractivity contribution is -0.145. The highest BCUT2D eigenvalue weighted by molar-refractivity contribution is 5.83. The second-order valence-corrected chi connectivity index (χ2v) is 2.92. The fourth-order valence-electron chi connectivity index (χ4n) is 0.966. The Hall–Kier alpha value is -1.12. The molecule has 0 saturated carbocycles. The minimum absolute atomic E-state index is 0.176. The monoisotopic (exact) mass is 153 g/mol. The number of hydrogen-bond acceptors (Lipinski definition) is 2. The van der Waals surface area contributed by atoms with E-state index in [-0.39, 0.29) is 6.04 Å². The number of carboxylic acids is 1. The topological polar surface area (TPSA) is 49.7 Å². The molecule has 2 atom stereocenters. The SMILES string of the molecule is CC1N=CC=CC1(C)C(=O)O. The smallest absolute Gasteiger partial charge is 0.315 e. The third kappa shape index (κ3) is 1.18. The van der Waals surface area contributed by atoms with Gasteiger partial charge in [-0.25, -0.2) is 0 Å². The highest BCUT2D eigenvalue weighted by Gasteiger charge is 2.37. The standard InChI is InChI=1S/C8H11NO2/c1-6-8(2,7(10)11)4-3-5-9-6/h3-6H,1-2H3,(H,10,11). The Bertz CT molecular complexity index is 232. The molecule has 0 spiro atoms. The summed E-state index contributed by atoms with van der Waals surface area (Å²) in [5.74, 6) is -0.821. The number of nitrogens with zero attached hydrogens (tertiary/aromatic N) is 1. The predicted octanol–water partition coefficient (Wildman–Crippen LogP) is 1.11. The van der Waals surface area contributed by atoms with E-state index in [9.17, 15) is 4.79 Å². The van der Waals surface area contributed by atoms with Crippen molar-refractivity contribution in [3.05, 3.63) is 12.2 Å². The van der Waals surface area contributed by atoms with Crippen LogP contribution in [0.4, 0.5) is 0 Å². The first-order chi connectivity index (χ1) is 5.07. The Balaban J connectivity index is 2.94. The molecule has 1 rings (SSSR count). The molecule has 1 N–H and O–H groups in total. The van der Waals surface area contributed by atoms with Gasteiger partial charge in [-0.3, -0.25) is 9.79 Å². The van der Waals surface area contributed by atoms with Crippen LogP contribution in [0.2, 0.25) is 0 Å². The van der Waals surface area contributed by atoms with Gasteiger partial charge in [-0.05, 0) is 19.9 Å². The van der Waals surface area contributed by atoms with Gasteiger partial charge in [0, 0.05) is 6.21 Å². The molecule has 0 radical (unpaired) electrons. The van der Waals surface area contributed by atoms with E-state index in [1.165, 1.54) is 0 Å². The Labute approximate surface area is 65.4 Å². The minimum Gasteiger partial charge on any atom is -0.481 e. The van der Waals surface area contributed by atoms with Crippen LogP contribution in [0.1, 0.15) is 13.8 Å². The molecule has 0 amide bonds. The van der Waals surface area contributed by atoms with E-state index < -0.39 is 11.4 Å². The molecule has 11 heavy (non-hydrogen) atoms. The van der Waals surface area contributed by atoms with E-state index in [0.717, 1.165) is 0 Å². The van der Waals surface area contributed by atoms with Crippen molar-refractivity contribution in [2.45, 2.75) is 19.9 Å². The van der Waals surface area contributed by atoms with E-state index in [0.29, 0.717) is 0 Å². The first-order valence-corrected chi connectivity index (χ1v) is 3.52. The van der Waals surface area contributed by atoms with Gasteiger partial charge in [0.1, 0.15) is 5.41 Å². The fourth-order valence-corrected chi connectivity index (χ4v) is 0.966. The molecule has 0 saturated heterocycles. The quantitative estimate of drug-likeness (QED) is 0.613. The van der Waals surface area contributed by atoms with E-state index in [4.69, 9.17) is 5.11 Å². The van der Waals surface area contributed by atoms with Gasteiger partial charge in [0.05, 0.1) is 6.04 Å². The van der Waals surface area contributed by atoms with E-state index in [1.807, 2.05) is 0 Å². The second-order valence-electron chi connectivity index (χ2n) is 2.92. The van der Waals surface area contributed by atoms with Crippen molar-refractivity contribution in [1.29, 1.82) is 0 Å². The maximum absolute atomic E-state index is 10.8. The van der Waals surface area contributed by atoms with Gasteiger partial charge < -0.3 is 5.11 Å². The van der Waals surface area contributed by atoms with Crippen LogP contribution < -0.4 is 0 Å². The number of aliphatic imine (C=N–C) groups is 1. The van der Waals surface area contributed by atoms with Crippen LogP contribution in [0.15, 0.2) is 17.1 Å². The summed E-state index contributed by atoms with van der Waals surface area (Å²) < 4.78 is 0. The summed E-state index contributed by atoms with van der Waals surface area (Å²) >= 11 is 0. The molecule has 3 nitrogen and oxygen atoms in total. The van der Waals surface area contributed by atoms with Gasteiger partial charge in [0.2, 0.25) is 0 Å². The zero-order chi connectivity index (χ0) is 8.48. The Morgan fingerprint density at radius 1 is 1.73 bits per heavy atom. The number of allylic oxidation sites excluding steroid dienone is 1. The molecule has 1 aliphatic heterocycles. The Kier molecular flexibility index (Phi) is 1.81. The second kappa shape index (κ2) is 2.49. The molecular formula is C8H11NO2. The molecule has 2 unspecified atom stereocenters. The molecule has 1 aliphatic rings. The number of dihydropyridines is 1. The number of carbonyl (C=O) groups is 1. The van der Waals surface area contributed by atoms with Crippen LogP contribution in [0, 0.1) is 5.41 Å². The lowest BCUT2D eigenvalue weighted by Gasteiger charge is -2.26. The summed E-state index contributed by atoms with van der Waals surface area (Å²) in [5, 5.41) is 8.84. The maximum Gasteiger partial charge on any atom is 0.315 e. The van der Waals surface area contributed by atoms with Gasteiger partial charge >= 0.3 is 5.97 Å². The van der Waals surface area contributed by atoms with E-state index in [1.54, 1.807) is 32.2 Å². The first-order valence-electron chi connectivity index (χ1n) is 3.52. The highest BCUT2D eigenvalue weighted by Crippen LogP contribution is 2.27. The van der Waals surface area contributed by atoms with Gasteiger partial charge in [-0.15, -0.1) is 0 Å². The molecule has 0 fully saturated rings. The number of rotatable bonds is 1. The van der Waals surface area contributed by atoms with Crippen molar-refractivity contribution in [3.63, 3.8) is 0 Å². The molecule has 1 heterocycles. The molecule has 0 aromatic heterocycles.